The molecule has 31 heavy (non-hydrogen) atoms. The van der Waals surface area contributed by atoms with E-state index < -0.39 is 0 Å². The summed E-state index contributed by atoms with van der Waals surface area (Å²) in [5.41, 5.74) is 3.24. The maximum Gasteiger partial charge on any atom is 0.275 e. The first-order chi connectivity index (χ1) is 15.1. The Bertz CT molecular complexity index is 1010. The van der Waals surface area contributed by atoms with E-state index >= 15 is 0 Å². The number of unbranched alkanes of at least 4 members (excludes halogenated alkanes) is 1. The molecule has 1 aliphatic rings. The zero-order valence-electron chi connectivity index (χ0n) is 17.8. The smallest absolute Gasteiger partial charge is 0.275 e. The number of hydrogen-bond acceptors (Lipinski definition) is 4. The Morgan fingerprint density at radius 3 is 2.65 bits per heavy atom. The van der Waals surface area contributed by atoms with Crippen molar-refractivity contribution < 1.29 is 4.79 Å². The third-order valence-corrected chi connectivity index (χ3v) is 7.11. The summed E-state index contributed by atoms with van der Waals surface area (Å²) >= 11 is 7.63. The molecule has 3 aromatic rings. The van der Waals surface area contributed by atoms with Crippen molar-refractivity contribution in [2.45, 2.75) is 38.5 Å². The molecular weight excluding hydrogens is 426 g/mol. The predicted octanol–water partition coefficient (Wildman–Crippen LogP) is 6.70. The topological polar surface area (TPSA) is 45.2 Å². The number of para-hydroxylation sites is 1. The third-order valence-electron chi connectivity index (χ3n) is 5.85. The van der Waals surface area contributed by atoms with E-state index in [2.05, 4.69) is 17.1 Å². The Labute approximate surface area is 193 Å². The molecule has 1 N–H and O–H groups in total. The van der Waals surface area contributed by atoms with Crippen LogP contribution in [0.4, 0.5) is 5.69 Å². The summed E-state index contributed by atoms with van der Waals surface area (Å²) in [6.07, 6.45) is 4.76. The lowest BCUT2D eigenvalue weighted by atomic mass is 9.97. The van der Waals surface area contributed by atoms with Crippen LogP contribution in [-0.4, -0.2) is 35.4 Å². The van der Waals surface area contributed by atoms with Gasteiger partial charge in [-0.2, -0.15) is 0 Å². The fraction of sp³-hybridized carbons (Fsp3) is 0.360. The molecule has 162 valence electrons. The average molecular weight is 454 g/mol. The lowest BCUT2D eigenvalue weighted by Gasteiger charge is -2.30. The van der Waals surface area contributed by atoms with Crippen LogP contribution in [0.25, 0.3) is 11.1 Å². The maximum absolute atomic E-state index is 12.9. The van der Waals surface area contributed by atoms with Crippen molar-refractivity contribution in [3.05, 3.63) is 69.6 Å². The fourth-order valence-electron chi connectivity index (χ4n) is 4.02. The van der Waals surface area contributed by atoms with Crippen LogP contribution in [0.15, 0.2) is 53.9 Å². The standard InChI is InChI=1S/C25H28ClN3OS/c1-2-3-14-29-15-12-19(13-16-29)25-28-23(17-31-25)24(30)27-22-7-5-4-6-21(22)18-8-10-20(26)11-9-18/h4-11,17,19H,2-3,12-16H2,1H3,(H,27,30). The third kappa shape index (κ3) is 5.53. The number of thiazole rings is 1. The van der Waals surface area contributed by atoms with Crippen molar-refractivity contribution in [1.82, 2.24) is 9.88 Å². The number of likely N-dealkylation sites (tertiary alicyclic amines) is 1. The van der Waals surface area contributed by atoms with Crippen LogP contribution < -0.4 is 5.32 Å². The van der Waals surface area contributed by atoms with Gasteiger partial charge in [0.15, 0.2) is 0 Å². The molecule has 0 atom stereocenters. The normalized spacial score (nSPS) is 15.2. The summed E-state index contributed by atoms with van der Waals surface area (Å²) in [6.45, 7) is 5.69. The van der Waals surface area contributed by atoms with Crippen molar-refractivity contribution in [3.63, 3.8) is 0 Å². The summed E-state index contributed by atoms with van der Waals surface area (Å²) < 4.78 is 0. The highest BCUT2D eigenvalue weighted by Gasteiger charge is 2.24. The molecule has 0 bridgehead atoms. The Morgan fingerprint density at radius 2 is 1.90 bits per heavy atom. The van der Waals surface area contributed by atoms with Crippen LogP contribution in [0, 0.1) is 0 Å². The van der Waals surface area contributed by atoms with E-state index in [1.807, 2.05) is 53.9 Å². The molecule has 1 fully saturated rings. The molecule has 0 saturated carbocycles. The number of carbonyl (C=O) groups is 1. The Morgan fingerprint density at radius 1 is 1.16 bits per heavy atom. The lowest BCUT2D eigenvalue weighted by Crippen LogP contribution is -2.33. The number of nitrogens with one attached hydrogen (secondary N) is 1. The Kier molecular flexibility index (Phi) is 7.38. The average Bonchev–Trinajstić information content (AvgIpc) is 3.30. The highest BCUT2D eigenvalue weighted by molar-refractivity contribution is 7.10. The van der Waals surface area contributed by atoms with Crippen LogP contribution in [0.2, 0.25) is 5.02 Å². The summed E-state index contributed by atoms with van der Waals surface area (Å²) in [4.78, 5) is 20.2. The molecule has 1 aromatic heterocycles. The van der Waals surface area contributed by atoms with Gasteiger partial charge in [0.25, 0.3) is 5.91 Å². The van der Waals surface area contributed by atoms with Gasteiger partial charge in [-0.05, 0) is 62.7 Å². The first-order valence-electron chi connectivity index (χ1n) is 11.0. The second kappa shape index (κ2) is 10.4. The van der Waals surface area contributed by atoms with E-state index in [-0.39, 0.29) is 5.91 Å². The molecule has 0 radical (unpaired) electrons. The van der Waals surface area contributed by atoms with E-state index in [0.717, 1.165) is 47.8 Å². The van der Waals surface area contributed by atoms with Crippen LogP contribution in [-0.2, 0) is 0 Å². The van der Waals surface area contributed by atoms with Gasteiger partial charge in [-0.3, -0.25) is 4.79 Å². The van der Waals surface area contributed by atoms with E-state index in [1.165, 1.54) is 19.4 Å². The number of hydrogen-bond donors (Lipinski definition) is 1. The molecule has 4 rings (SSSR count). The van der Waals surface area contributed by atoms with Crippen molar-refractivity contribution in [2.24, 2.45) is 0 Å². The number of anilines is 1. The summed E-state index contributed by atoms with van der Waals surface area (Å²) in [7, 11) is 0. The van der Waals surface area contributed by atoms with Gasteiger partial charge in [0, 0.05) is 27.6 Å². The monoisotopic (exact) mass is 453 g/mol. The number of amides is 1. The molecular formula is C25H28ClN3OS. The second-order valence-corrected chi connectivity index (χ2v) is 9.37. The van der Waals surface area contributed by atoms with Crippen LogP contribution >= 0.6 is 22.9 Å². The first-order valence-corrected chi connectivity index (χ1v) is 12.2. The highest BCUT2D eigenvalue weighted by atomic mass is 35.5. The number of carbonyl (C=O) groups excluding carboxylic acids is 1. The number of nitrogens with zero attached hydrogens (tertiary/aromatic N) is 2. The van der Waals surface area contributed by atoms with E-state index in [9.17, 15) is 4.79 Å². The van der Waals surface area contributed by atoms with Gasteiger partial charge < -0.3 is 10.2 Å². The van der Waals surface area contributed by atoms with Crippen LogP contribution in [0.5, 0.6) is 0 Å². The van der Waals surface area contributed by atoms with Gasteiger partial charge in [-0.15, -0.1) is 11.3 Å². The van der Waals surface area contributed by atoms with E-state index in [1.54, 1.807) is 11.3 Å². The molecule has 6 heteroatoms. The summed E-state index contributed by atoms with van der Waals surface area (Å²) in [5.74, 6) is 0.301. The number of aromatic nitrogens is 1. The van der Waals surface area contributed by atoms with Gasteiger partial charge in [0.05, 0.1) is 5.01 Å². The quantitative estimate of drug-likeness (QED) is 0.433. The van der Waals surface area contributed by atoms with Gasteiger partial charge in [0.2, 0.25) is 0 Å². The van der Waals surface area contributed by atoms with Gasteiger partial charge in [0.1, 0.15) is 5.69 Å². The highest BCUT2D eigenvalue weighted by Crippen LogP contribution is 2.32. The van der Waals surface area contributed by atoms with Gasteiger partial charge in [-0.1, -0.05) is 55.3 Å². The predicted molar refractivity (Wildman–Crippen MR) is 130 cm³/mol. The van der Waals surface area contributed by atoms with Crippen molar-refractivity contribution >= 4 is 34.5 Å². The largest absolute Gasteiger partial charge is 0.320 e. The summed E-state index contributed by atoms with van der Waals surface area (Å²) in [5, 5.41) is 6.72. The molecule has 0 aliphatic carbocycles. The number of halogens is 1. The van der Waals surface area contributed by atoms with Crippen molar-refractivity contribution in [2.75, 3.05) is 25.0 Å². The van der Waals surface area contributed by atoms with E-state index in [4.69, 9.17) is 16.6 Å². The molecule has 1 amide bonds. The van der Waals surface area contributed by atoms with Gasteiger partial charge >= 0.3 is 0 Å². The molecule has 4 nitrogen and oxygen atoms in total. The number of benzene rings is 2. The first kappa shape index (κ1) is 22.0. The lowest BCUT2D eigenvalue weighted by molar-refractivity contribution is 0.102. The van der Waals surface area contributed by atoms with Crippen molar-refractivity contribution in [3.8, 4) is 11.1 Å². The Hall–Kier alpha value is -2.21. The molecule has 1 aliphatic heterocycles. The molecule has 0 unspecified atom stereocenters. The molecule has 2 aromatic carbocycles. The number of rotatable bonds is 7. The zero-order chi connectivity index (χ0) is 21.6. The SMILES string of the molecule is CCCCN1CCC(c2nc(C(=O)Nc3ccccc3-c3ccc(Cl)cc3)cs2)CC1. The minimum absolute atomic E-state index is 0.163. The molecule has 0 spiro atoms. The Balaban J connectivity index is 1.42. The molecule has 2 heterocycles. The zero-order valence-corrected chi connectivity index (χ0v) is 19.4. The minimum Gasteiger partial charge on any atom is -0.320 e. The minimum atomic E-state index is -0.163. The van der Waals surface area contributed by atoms with E-state index in [0.29, 0.717) is 16.6 Å². The van der Waals surface area contributed by atoms with Crippen LogP contribution in [0.3, 0.4) is 0 Å². The maximum atomic E-state index is 12.9. The van der Waals surface area contributed by atoms with Crippen LogP contribution in [0.1, 0.15) is 54.0 Å². The van der Waals surface area contributed by atoms with Crippen molar-refractivity contribution in [1.29, 1.82) is 0 Å². The number of piperidine rings is 1. The second-order valence-electron chi connectivity index (χ2n) is 8.05. The van der Waals surface area contributed by atoms with Gasteiger partial charge in [-0.25, -0.2) is 4.98 Å². The fourth-order valence-corrected chi connectivity index (χ4v) is 5.12. The summed E-state index contributed by atoms with van der Waals surface area (Å²) in [6, 6.07) is 15.4. The molecule has 1 saturated heterocycles.